The van der Waals surface area contributed by atoms with E-state index in [1.54, 1.807) is 7.05 Å². The molecule has 0 aliphatic heterocycles. The highest BCUT2D eigenvalue weighted by molar-refractivity contribution is 7.98. The number of hydrogen-bond donors (Lipinski definition) is 2. The Morgan fingerprint density at radius 2 is 2.00 bits per heavy atom. The fraction of sp³-hybridized carbons (Fsp3) is 0.444. The van der Waals surface area contributed by atoms with Gasteiger partial charge in [0.25, 0.3) is 0 Å². The molecule has 1 aromatic carbocycles. The minimum Gasteiger partial charge on any atom is -0.356 e. The average molecular weight is 346 g/mol. The summed E-state index contributed by atoms with van der Waals surface area (Å²) < 4.78 is 1.96. The lowest BCUT2D eigenvalue weighted by Crippen LogP contribution is -2.37. The predicted octanol–water partition coefficient (Wildman–Crippen LogP) is 2.74. The van der Waals surface area contributed by atoms with Gasteiger partial charge in [-0.1, -0.05) is 30.3 Å². The smallest absolute Gasteiger partial charge is 0.191 e. The Hall–Kier alpha value is -1.95. The normalized spacial score (nSPS) is 11.5. The quantitative estimate of drug-likeness (QED) is 0.417. The molecular formula is C18H27N5S. The van der Waals surface area contributed by atoms with Crippen LogP contribution in [0.2, 0.25) is 0 Å². The van der Waals surface area contributed by atoms with Crippen LogP contribution in [-0.4, -0.2) is 41.3 Å². The molecule has 2 aromatic rings. The van der Waals surface area contributed by atoms with E-state index in [0.717, 1.165) is 37.6 Å². The number of nitrogens with one attached hydrogen (secondary N) is 2. The summed E-state index contributed by atoms with van der Waals surface area (Å²) in [4.78, 5) is 4.26. The van der Waals surface area contributed by atoms with Crippen molar-refractivity contribution in [3.8, 4) is 0 Å². The van der Waals surface area contributed by atoms with E-state index in [2.05, 4.69) is 57.4 Å². The molecule has 0 atom stereocenters. The second-order valence-corrected chi connectivity index (χ2v) is 6.57. The molecule has 0 amide bonds. The summed E-state index contributed by atoms with van der Waals surface area (Å²) in [6, 6.07) is 10.4. The molecule has 2 N–H and O–H groups in total. The number of guanidine groups is 1. The molecule has 0 bridgehead atoms. The van der Waals surface area contributed by atoms with Gasteiger partial charge in [-0.3, -0.25) is 9.67 Å². The van der Waals surface area contributed by atoms with Crippen LogP contribution in [0.3, 0.4) is 0 Å². The summed E-state index contributed by atoms with van der Waals surface area (Å²) in [5.74, 6) is 2.06. The SMILES string of the molecule is CN=C(NCCCCSC)NCc1cnn(Cc2ccccc2)c1. The van der Waals surface area contributed by atoms with Crippen LogP contribution in [0.4, 0.5) is 0 Å². The first-order chi connectivity index (χ1) is 11.8. The Kier molecular flexibility index (Phi) is 8.24. The number of thioether (sulfide) groups is 1. The van der Waals surface area contributed by atoms with Gasteiger partial charge in [-0.05, 0) is 30.4 Å². The Labute approximate surface area is 148 Å². The van der Waals surface area contributed by atoms with Gasteiger partial charge in [0.1, 0.15) is 0 Å². The molecule has 1 aromatic heterocycles. The van der Waals surface area contributed by atoms with E-state index < -0.39 is 0 Å². The van der Waals surface area contributed by atoms with Crippen LogP contribution in [-0.2, 0) is 13.1 Å². The zero-order chi connectivity index (χ0) is 17.0. The first-order valence-electron chi connectivity index (χ1n) is 8.30. The molecule has 6 heteroatoms. The number of nitrogens with zero attached hydrogens (tertiary/aromatic N) is 3. The maximum absolute atomic E-state index is 4.43. The van der Waals surface area contributed by atoms with Gasteiger partial charge in [0, 0.05) is 31.9 Å². The third-order valence-corrected chi connectivity index (χ3v) is 4.32. The minimum atomic E-state index is 0.722. The summed E-state index contributed by atoms with van der Waals surface area (Å²) >= 11 is 1.89. The molecule has 0 spiro atoms. The van der Waals surface area contributed by atoms with E-state index in [9.17, 15) is 0 Å². The molecule has 0 unspecified atom stereocenters. The Bertz CT molecular complexity index is 609. The number of aromatic nitrogens is 2. The number of rotatable bonds is 9. The summed E-state index contributed by atoms with van der Waals surface area (Å²) in [5, 5.41) is 11.1. The molecule has 0 aliphatic rings. The monoisotopic (exact) mass is 345 g/mol. The second-order valence-electron chi connectivity index (χ2n) is 5.58. The molecule has 0 aliphatic carbocycles. The van der Waals surface area contributed by atoms with E-state index in [4.69, 9.17) is 0 Å². The van der Waals surface area contributed by atoms with Crippen LogP contribution in [0.25, 0.3) is 0 Å². The summed E-state index contributed by atoms with van der Waals surface area (Å²) in [6.07, 6.45) is 8.52. The standard InChI is InChI=1S/C18H27N5S/c1-19-18(20-10-6-7-11-24-2)21-12-17-13-22-23(15-17)14-16-8-4-3-5-9-16/h3-5,8-9,13,15H,6-7,10-12,14H2,1-2H3,(H2,19,20,21). The van der Waals surface area contributed by atoms with Crippen LogP contribution >= 0.6 is 11.8 Å². The lowest BCUT2D eigenvalue weighted by molar-refractivity contribution is 0.685. The van der Waals surface area contributed by atoms with Gasteiger partial charge in [0.2, 0.25) is 0 Å². The highest BCUT2D eigenvalue weighted by atomic mass is 32.2. The number of unbranched alkanes of at least 4 members (excludes halogenated alkanes) is 1. The maximum atomic E-state index is 4.43. The predicted molar refractivity (Wildman–Crippen MR) is 104 cm³/mol. The van der Waals surface area contributed by atoms with Crippen molar-refractivity contribution < 1.29 is 0 Å². The zero-order valence-electron chi connectivity index (χ0n) is 14.5. The van der Waals surface area contributed by atoms with E-state index in [1.165, 1.54) is 17.7 Å². The van der Waals surface area contributed by atoms with Crippen molar-refractivity contribution >= 4 is 17.7 Å². The highest BCUT2D eigenvalue weighted by Crippen LogP contribution is 2.04. The molecule has 130 valence electrons. The van der Waals surface area contributed by atoms with E-state index >= 15 is 0 Å². The van der Waals surface area contributed by atoms with Gasteiger partial charge in [0.05, 0.1) is 12.7 Å². The third-order valence-electron chi connectivity index (χ3n) is 3.63. The van der Waals surface area contributed by atoms with Crippen molar-refractivity contribution in [1.82, 2.24) is 20.4 Å². The summed E-state index contributed by atoms with van der Waals surface area (Å²) in [6.45, 7) is 2.47. The molecule has 0 radical (unpaired) electrons. The van der Waals surface area contributed by atoms with Crippen molar-refractivity contribution in [2.45, 2.75) is 25.9 Å². The van der Waals surface area contributed by atoms with Gasteiger partial charge in [0.15, 0.2) is 5.96 Å². The molecule has 24 heavy (non-hydrogen) atoms. The lowest BCUT2D eigenvalue weighted by atomic mass is 10.2. The Morgan fingerprint density at radius 1 is 1.17 bits per heavy atom. The molecular weight excluding hydrogens is 318 g/mol. The summed E-state index contributed by atoms with van der Waals surface area (Å²) in [5.41, 5.74) is 2.40. The van der Waals surface area contributed by atoms with E-state index in [1.807, 2.05) is 28.7 Å². The lowest BCUT2D eigenvalue weighted by Gasteiger charge is -2.10. The topological polar surface area (TPSA) is 54.2 Å². The third kappa shape index (κ3) is 6.66. The molecule has 1 heterocycles. The maximum Gasteiger partial charge on any atom is 0.191 e. The van der Waals surface area contributed by atoms with Crippen LogP contribution in [0.5, 0.6) is 0 Å². The van der Waals surface area contributed by atoms with Gasteiger partial charge < -0.3 is 10.6 Å². The minimum absolute atomic E-state index is 0.722. The molecule has 5 nitrogen and oxygen atoms in total. The first kappa shape index (κ1) is 18.4. The van der Waals surface area contributed by atoms with Crippen LogP contribution in [0.15, 0.2) is 47.7 Å². The Morgan fingerprint density at radius 3 is 2.75 bits per heavy atom. The van der Waals surface area contributed by atoms with Gasteiger partial charge in [-0.15, -0.1) is 0 Å². The fourth-order valence-corrected chi connectivity index (χ4v) is 2.83. The summed E-state index contributed by atoms with van der Waals surface area (Å²) in [7, 11) is 1.80. The number of hydrogen-bond acceptors (Lipinski definition) is 3. The largest absolute Gasteiger partial charge is 0.356 e. The van der Waals surface area contributed by atoms with E-state index in [-0.39, 0.29) is 0 Å². The van der Waals surface area contributed by atoms with Gasteiger partial charge in [-0.2, -0.15) is 16.9 Å². The van der Waals surface area contributed by atoms with E-state index in [0.29, 0.717) is 0 Å². The van der Waals surface area contributed by atoms with Crippen molar-refractivity contribution in [3.63, 3.8) is 0 Å². The second kappa shape index (κ2) is 10.8. The number of aliphatic imine (C=N–C) groups is 1. The van der Waals surface area contributed by atoms with Crippen molar-refractivity contribution in [2.24, 2.45) is 4.99 Å². The first-order valence-corrected chi connectivity index (χ1v) is 9.70. The highest BCUT2D eigenvalue weighted by Gasteiger charge is 2.02. The zero-order valence-corrected chi connectivity index (χ0v) is 15.4. The van der Waals surface area contributed by atoms with Crippen molar-refractivity contribution in [1.29, 1.82) is 0 Å². The molecule has 2 rings (SSSR count). The van der Waals surface area contributed by atoms with Gasteiger partial charge in [-0.25, -0.2) is 0 Å². The van der Waals surface area contributed by atoms with Crippen LogP contribution in [0, 0.1) is 0 Å². The van der Waals surface area contributed by atoms with Crippen molar-refractivity contribution in [2.75, 3.05) is 25.6 Å². The molecule has 0 fully saturated rings. The fourth-order valence-electron chi connectivity index (χ4n) is 2.34. The van der Waals surface area contributed by atoms with Crippen LogP contribution in [0.1, 0.15) is 24.0 Å². The van der Waals surface area contributed by atoms with Crippen LogP contribution < -0.4 is 10.6 Å². The Balaban J connectivity index is 1.73. The number of benzene rings is 1. The van der Waals surface area contributed by atoms with Crippen molar-refractivity contribution in [3.05, 3.63) is 53.9 Å². The molecule has 0 saturated carbocycles. The van der Waals surface area contributed by atoms with Gasteiger partial charge >= 0.3 is 0 Å². The molecule has 0 saturated heterocycles. The average Bonchev–Trinajstić information content (AvgIpc) is 3.05.